The largest absolute Gasteiger partial charge is 0.507 e. The van der Waals surface area contributed by atoms with E-state index in [1.807, 2.05) is 29.5 Å². The van der Waals surface area contributed by atoms with Gasteiger partial charge in [0.1, 0.15) is 5.75 Å². The molecule has 4 nitrogen and oxygen atoms in total. The van der Waals surface area contributed by atoms with Crippen molar-refractivity contribution >= 4 is 28.5 Å². The first-order valence-corrected chi connectivity index (χ1v) is 6.46. The SMILES string of the molecule is CCOCCN(C)C(=O)c1ccc(I)c(O)c1. The molecule has 0 aliphatic rings. The van der Waals surface area contributed by atoms with Gasteiger partial charge >= 0.3 is 0 Å². The molecule has 1 amide bonds. The molecule has 0 atom stereocenters. The highest BCUT2D eigenvalue weighted by atomic mass is 127. The van der Waals surface area contributed by atoms with Gasteiger partial charge in [0.05, 0.1) is 10.2 Å². The zero-order valence-electron chi connectivity index (χ0n) is 9.94. The predicted molar refractivity (Wildman–Crippen MR) is 74.3 cm³/mol. The van der Waals surface area contributed by atoms with Gasteiger partial charge in [0.2, 0.25) is 0 Å². The van der Waals surface area contributed by atoms with Gasteiger partial charge in [-0.1, -0.05) is 0 Å². The summed E-state index contributed by atoms with van der Waals surface area (Å²) in [5.74, 6) is 0.0195. The number of hydrogen-bond acceptors (Lipinski definition) is 3. The molecule has 1 N–H and O–H groups in total. The number of likely N-dealkylation sites (N-methyl/N-ethyl adjacent to an activating group) is 1. The molecule has 0 spiro atoms. The van der Waals surface area contributed by atoms with Crippen molar-refractivity contribution in [1.82, 2.24) is 4.90 Å². The Kier molecular flexibility index (Phi) is 5.70. The topological polar surface area (TPSA) is 49.8 Å². The van der Waals surface area contributed by atoms with E-state index < -0.39 is 0 Å². The van der Waals surface area contributed by atoms with Gasteiger partial charge < -0.3 is 14.7 Å². The van der Waals surface area contributed by atoms with E-state index in [0.29, 0.717) is 25.3 Å². The van der Waals surface area contributed by atoms with Crippen LogP contribution in [-0.2, 0) is 4.74 Å². The monoisotopic (exact) mass is 349 g/mol. The third-order valence-corrected chi connectivity index (χ3v) is 3.23. The van der Waals surface area contributed by atoms with Crippen molar-refractivity contribution in [2.75, 3.05) is 26.8 Å². The maximum absolute atomic E-state index is 12.0. The summed E-state index contributed by atoms with van der Waals surface area (Å²) in [6, 6.07) is 4.92. The lowest BCUT2D eigenvalue weighted by molar-refractivity contribution is 0.0709. The normalized spacial score (nSPS) is 10.3. The Morgan fingerprint density at radius 2 is 2.24 bits per heavy atom. The maximum Gasteiger partial charge on any atom is 0.253 e. The Balaban J connectivity index is 2.65. The van der Waals surface area contributed by atoms with Crippen LogP contribution >= 0.6 is 22.6 Å². The number of amides is 1. The Labute approximate surface area is 115 Å². The first-order chi connectivity index (χ1) is 8.06. The molecular formula is C12H16INO3. The first kappa shape index (κ1) is 14.2. The van der Waals surface area contributed by atoms with Crippen molar-refractivity contribution in [2.45, 2.75) is 6.92 Å². The number of hydrogen-bond donors (Lipinski definition) is 1. The highest BCUT2D eigenvalue weighted by Crippen LogP contribution is 2.21. The quantitative estimate of drug-likeness (QED) is 0.654. The molecule has 1 rings (SSSR count). The number of nitrogens with zero attached hydrogens (tertiary/aromatic N) is 1. The van der Waals surface area contributed by atoms with E-state index in [2.05, 4.69) is 0 Å². The van der Waals surface area contributed by atoms with E-state index in [0.717, 1.165) is 3.57 Å². The van der Waals surface area contributed by atoms with Crippen molar-refractivity contribution in [1.29, 1.82) is 0 Å². The molecule has 0 radical (unpaired) electrons. The number of rotatable bonds is 5. The zero-order valence-corrected chi connectivity index (χ0v) is 12.1. The summed E-state index contributed by atoms with van der Waals surface area (Å²) in [6.07, 6.45) is 0. The molecule has 5 heteroatoms. The Hall–Kier alpha value is -0.820. The number of halogens is 1. The number of benzene rings is 1. The van der Waals surface area contributed by atoms with E-state index in [9.17, 15) is 9.90 Å². The van der Waals surface area contributed by atoms with Crippen LogP contribution in [-0.4, -0.2) is 42.7 Å². The standard InChI is InChI=1S/C12H16INO3/c1-3-17-7-6-14(2)12(16)9-4-5-10(13)11(15)8-9/h4-5,8,15H,3,6-7H2,1-2H3. The lowest BCUT2D eigenvalue weighted by Gasteiger charge is -2.17. The number of carbonyl (C=O) groups is 1. The van der Waals surface area contributed by atoms with Crippen LogP contribution < -0.4 is 0 Å². The fourth-order valence-corrected chi connectivity index (χ4v) is 1.65. The number of phenols is 1. The van der Waals surface area contributed by atoms with Crippen molar-refractivity contribution in [3.63, 3.8) is 0 Å². The van der Waals surface area contributed by atoms with Crippen LogP contribution in [0.5, 0.6) is 5.75 Å². The lowest BCUT2D eigenvalue weighted by Crippen LogP contribution is -2.30. The third-order valence-electron chi connectivity index (χ3n) is 2.31. The summed E-state index contributed by atoms with van der Waals surface area (Å²) in [5, 5.41) is 9.54. The molecular weight excluding hydrogens is 333 g/mol. The minimum atomic E-state index is -0.114. The molecule has 0 aliphatic heterocycles. The van der Waals surface area contributed by atoms with Gasteiger partial charge in [-0.25, -0.2) is 0 Å². The predicted octanol–water partition coefficient (Wildman–Crippen LogP) is 2.11. The highest BCUT2D eigenvalue weighted by Gasteiger charge is 2.12. The average molecular weight is 349 g/mol. The molecule has 1 aromatic rings. The Morgan fingerprint density at radius 1 is 1.53 bits per heavy atom. The van der Waals surface area contributed by atoms with E-state index in [4.69, 9.17) is 4.74 Å². The van der Waals surface area contributed by atoms with Crippen LogP contribution in [0.25, 0.3) is 0 Å². The van der Waals surface area contributed by atoms with Crippen molar-refractivity contribution < 1.29 is 14.6 Å². The van der Waals surface area contributed by atoms with Crippen molar-refractivity contribution in [3.05, 3.63) is 27.3 Å². The van der Waals surface area contributed by atoms with E-state index in [1.54, 1.807) is 24.1 Å². The molecule has 94 valence electrons. The molecule has 0 bridgehead atoms. The van der Waals surface area contributed by atoms with Crippen molar-refractivity contribution in [2.24, 2.45) is 0 Å². The smallest absolute Gasteiger partial charge is 0.253 e. The molecule has 0 aliphatic carbocycles. The molecule has 0 heterocycles. The number of carbonyl (C=O) groups excluding carboxylic acids is 1. The molecule has 0 fully saturated rings. The van der Waals surface area contributed by atoms with Crippen LogP contribution in [0, 0.1) is 3.57 Å². The van der Waals surface area contributed by atoms with Gasteiger partial charge in [-0.15, -0.1) is 0 Å². The van der Waals surface area contributed by atoms with Crippen LogP contribution in [0.4, 0.5) is 0 Å². The maximum atomic E-state index is 12.0. The summed E-state index contributed by atoms with van der Waals surface area (Å²) in [7, 11) is 1.72. The van der Waals surface area contributed by atoms with Crippen LogP contribution in [0.3, 0.4) is 0 Å². The van der Waals surface area contributed by atoms with Crippen LogP contribution in [0.2, 0.25) is 0 Å². The number of aromatic hydroxyl groups is 1. The molecule has 0 saturated heterocycles. The molecule has 0 saturated carbocycles. The summed E-state index contributed by atoms with van der Waals surface area (Å²) >= 11 is 2.01. The molecule has 0 unspecified atom stereocenters. The van der Waals surface area contributed by atoms with Gasteiger partial charge in [0.15, 0.2) is 0 Å². The minimum Gasteiger partial charge on any atom is -0.507 e. The first-order valence-electron chi connectivity index (χ1n) is 5.38. The zero-order chi connectivity index (χ0) is 12.8. The van der Waals surface area contributed by atoms with Gasteiger partial charge in [-0.3, -0.25) is 4.79 Å². The van der Waals surface area contributed by atoms with Gasteiger partial charge in [-0.2, -0.15) is 0 Å². The Morgan fingerprint density at radius 3 is 2.82 bits per heavy atom. The Bertz CT molecular complexity index is 395. The van der Waals surface area contributed by atoms with Gasteiger partial charge in [0, 0.05) is 25.8 Å². The second kappa shape index (κ2) is 6.80. The van der Waals surface area contributed by atoms with Crippen LogP contribution in [0.15, 0.2) is 18.2 Å². The highest BCUT2D eigenvalue weighted by molar-refractivity contribution is 14.1. The number of phenolic OH excluding ortho intramolecular Hbond substituents is 1. The van der Waals surface area contributed by atoms with Gasteiger partial charge in [0.25, 0.3) is 5.91 Å². The molecule has 17 heavy (non-hydrogen) atoms. The molecule has 1 aromatic carbocycles. The van der Waals surface area contributed by atoms with E-state index in [-0.39, 0.29) is 11.7 Å². The van der Waals surface area contributed by atoms with Crippen LogP contribution in [0.1, 0.15) is 17.3 Å². The third kappa shape index (κ3) is 4.16. The second-order valence-electron chi connectivity index (χ2n) is 3.59. The summed E-state index contributed by atoms with van der Waals surface area (Å²) in [4.78, 5) is 13.5. The summed E-state index contributed by atoms with van der Waals surface area (Å²) in [6.45, 7) is 3.62. The average Bonchev–Trinajstić information content (AvgIpc) is 2.32. The second-order valence-corrected chi connectivity index (χ2v) is 4.75. The van der Waals surface area contributed by atoms with E-state index in [1.165, 1.54) is 6.07 Å². The fraction of sp³-hybridized carbons (Fsp3) is 0.417. The minimum absolute atomic E-state index is 0.114. The number of ether oxygens (including phenoxy) is 1. The summed E-state index contributed by atoms with van der Waals surface area (Å²) in [5.41, 5.74) is 0.488. The van der Waals surface area contributed by atoms with Crippen molar-refractivity contribution in [3.8, 4) is 5.75 Å². The van der Waals surface area contributed by atoms with E-state index >= 15 is 0 Å². The van der Waals surface area contributed by atoms with Gasteiger partial charge in [-0.05, 0) is 47.7 Å². The summed E-state index contributed by atoms with van der Waals surface area (Å²) < 4.78 is 5.92. The fourth-order valence-electron chi connectivity index (χ4n) is 1.31. The lowest BCUT2D eigenvalue weighted by atomic mass is 10.2. The molecule has 0 aromatic heterocycles.